The molecule has 0 radical (unpaired) electrons. The zero-order valence-corrected chi connectivity index (χ0v) is 19.6. The maximum Gasteiger partial charge on any atom is 0.267 e. The smallest absolute Gasteiger partial charge is 0.267 e. The highest BCUT2D eigenvalue weighted by atomic mass is 32.2. The van der Waals surface area contributed by atoms with Gasteiger partial charge in [-0.2, -0.15) is 0 Å². The molecule has 0 atom stereocenters. The van der Waals surface area contributed by atoms with Crippen LogP contribution in [0.4, 0.5) is 0 Å². The lowest BCUT2D eigenvalue weighted by Gasteiger charge is -2.16. The van der Waals surface area contributed by atoms with Crippen LogP contribution >= 0.6 is 0 Å². The fraction of sp³-hybridized carbons (Fsp3) is 0.292. The first kappa shape index (κ1) is 22.9. The third-order valence-electron chi connectivity index (χ3n) is 5.42. The van der Waals surface area contributed by atoms with Crippen LogP contribution in [0.25, 0.3) is 16.7 Å². The van der Waals surface area contributed by atoms with E-state index in [1.807, 2.05) is 26.8 Å². The number of rotatable bonds is 7. The fourth-order valence-corrected chi connectivity index (χ4v) is 5.17. The number of aryl methyl sites for hydroxylation is 2. The molecule has 1 aromatic carbocycles. The summed E-state index contributed by atoms with van der Waals surface area (Å²) < 4.78 is 35.4. The van der Waals surface area contributed by atoms with E-state index in [1.165, 1.54) is 27.2 Å². The quantitative estimate of drug-likeness (QED) is 0.333. The molecule has 4 rings (SSSR count). The lowest BCUT2D eigenvalue weighted by atomic mass is 10.2. The van der Waals surface area contributed by atoms with Crippen molar-refractivity contribution in [3.8, 4) is 0 Å². The molecule has 0 saturated heterocycles. The summed E-state index contributed by atoms with van der Waals surface area (Å²) in [5, 5.41) is 8.93. The first-order valence-electron chi connectivity index (χ1n) is 10.7. The zero-order valence-electron chi connectivity index (χ0n) is 18.8. The van der Waals surface area contributed by atoms with Crippen LogP contribution in [0.2, 0.25) is 0 Å². The van der Waals surface area contributed by atoms with E-state index >= 15 is 0 Å². The Morgan fingerprint density at radius 3 is 2.52 bits per heavy atom. The van der Waals surface area contributed by atoms with Crippen LogP contribution in [0.1, 0.15) is 25.8 Å². The van der Waals surface area contributed by atoms with Crippen molar-refractivity contribution in [2.75, 3.05) is 6.61 Å². The van der Waals surface area contributed by atoms with Gasteiger partial charge in [0.2, 0.25) is 9.84 Å². The highest BCUT2D eigenvalue weighted by Crippen LogP contribution is 2.21. The van der Waals surface area contributed by atoms with E-state index in [4.69, 9.17) is 10.1 Å². The number of nitrogens with zero attached hydrogens (tertiary/aromatic N) is 3. The first-order valence-corrected chi connectivity index (χ1v) is 12.2. The monoisotopic (exact) mass is 466 g/mol. The number of hydrogen-bond acceptors (Lipinski definition) is 6. The van der Waals surface area contributed by atoms with Crippen molar-refractivity contribution in [2.45, 2.75) is 49.6 Å². The number of sulfone groups is 1. The number of hydrogen-bond donors (Lipinski definition) is 1. The normalized spacial score (nSPS) is 12.1. The summed E-state index contributed by atoms with van der Waals surface area (Å²) in [6.07, 6.45) is 2.20. The molecule has 172 valence electrons. The molecule has 9 heteroatoms. The van der Waals surface area contributed by atoms with Crippen molar-refractivity contribution >= 4 is 26.5 Å². The van der Waals surface area contributed by atoms with Crippen LogP contribution in [-0.4, -0.2) is 35.1 Å². The Kier molecular flexibility index (Phi) is 6.18. The van der Waals surface area contributed by atoms with Crippen molar-refractivity contribution < 1.29 is 13.2 Å². The van der Waals surface area contributed by atoms with Crippen LogP contribution in [-0.2, 0) is 21.1 Å². The van der Waals surface area contributed by atoms with Crippen molar-refractivity contribution in [3.63, 3.8) is 0 Å². The maximum absolute atomic E-state index is 13.4. The van der Waals surface area contributed by atoms with Gasteiger partial charge in [-0.1, -0.05) is 24.3 Å². The van der Waals surface area contributed by atoms with Gasteiger partial charge >= 0.3 is 0 Å². The van der Waals surface area contributed by atoms with Gasteiger partial charge in [-0.15, -0.1) is 0 Å². The van der Waals surface area contributed by atoms with Gasteiger partial charge in [0, 0.05) is 19.3 Å². The van der Waals surface area contributed by atoms with Gasteiger partial charge in [0.25, 0.3) is 5.56 Å². The molecule has 0 aliphatic carbocycles. The van der Waals surface area contributed by atoms with Crippen LogP contribution in [0.3, 0.4) is 0 Å². The van der Waals surface area contributed by atoms with Gasteiger partial charge in [-0.25, -0.2) is 13.4 Å². The Balaban J connectivity index is 2.01. The van der Waals surface area contributed by atoms with E-state index in [0.29, 0.717) is 18.7 Å². The Labute approximate surface area is 191 Å². The molecule has 0 unspecified atom stereocenters. The predicted octanol–water partition coefficient (Wildman–Crippen LogP) is 3.08. The summed E-state index contributed by atoms with van der Waals surface area (Å²) in [7, 11) is -4.02. The molecule has 33 heavy (non-hydrogen) atoms. The van der Waals surface area contributed by atoms with Crippen molar-refractivity contribution in [3.05, 3.63) is 76.1 Å². The Morgan fingerprint density at radius 1 is 1.09 bits per heavy atom. The van der Waals surface area contributed by atoms with Crippen molar-refractivity contribution in [1.82, 2.24) is 14.0 Å². The Morgan fingerprint density at radius 2 is 1.82 bits per heavy atom. The third kappa shape index (κ3) is 4.21. The van der Waals surface area contributed by atoms with Gasteiger partial charge in [0.15, 0.2) is 0 Å². The predicted molar refractivity (Wildman–Crippen MR) is 125 cm³/mol. The van der Waals surface area contributed by atoms with Crippen LogP contribution in [0.15, 0.2) is 69.3 Å². The van der Waals surface area contributed by atoms with E-state index in [9.17, 15) is 13.2 Å². The second kappa shape index (κ2) is 8.92. The molecular weight excluding hydrogens is 440 g/mol. The fourth-order valence-electron chi connectivity index (χ4n) is 3.76. The highest BCUT2D eigenvalue weighted by Gasteiger charge is 2.24. The molecule has 0 amide bonds. The molecule has 4 aromatic rings. The third-order valence-corrected chi connectivity index (χ3v) is 7.20. The molecule has 0 bridgehead atoms. The van der Waals surface area contributed by atoms with Crippen molar-refractivity contribution in [2.24, 2.45) is 0 Å². The SMILES string of the molecule is Cc1cccn2c(=O)c3cc(S(=O)(=O)c4ccccc4)c(=N)n(CCCOC(C)C)c3nc12. The molecular formula is C24H26N4O4S. The van der Waals surface area contributed by atoms with Crippen LogP contribution < -0.4 is 11.0 Å². The lowest BCUT2D eigenvalue weighted by Crippen LogP contribution is -2.30. The second-order valence-electron chi connectivity index (χ2n) is 8.14. The minimum Gasteiger partial charge on any atom is -0.379 e. The number of nitrogens with one attached hydrogen (secondary N) is 1. The minimum atomic E-state index is -4.02. The van der Waals surface area contributed by atoms with Gasteiger partial charge in [-0.3, -0.25) is 14.6 Å². The molecule has 3 heterocycles. The van der Waals surface area contributed by atoms with E-state index < -0.39 is 9.84 Å². The van der Waals surface area contributed by atoms with Crippen LogP contribution in [0.5, 0.6) is 0 Å². The molecule has 3 aromatic heterocycles. The molecule has 1 N–H and O–H groups in total. The van der Waals surface area contributed by atoms with Crippen molar-refractivity contribution in [1.29, 1.82) is 5.41 Å². The lowest BCUT2D eigenvalue weighted by molar-refractivity contribution is 0.0748. The van der Waals surface area contributed by atoms with E-state index in [0.717, 1.165) is 5.56 Å². The minimum absolute atomic E-state index is 0.0568. The summed E-state index contributed by atoms with van der Waals surface area (Å²) in [6, 6.07) is 12.8. The van der Waals surface area contributed by atoms with Gasteiger partial charge in [0.05, 0.1) is 16.4 Å². The Hall–Kier alpha value is -3.30. The number of aromatic nitrogens is 3. The molecule has 8 nitrogen and oxygen atoms in total. The number of ether oxygens (including phenoxy) is 1. The Bertz CT molecular complexity index is 1560. The molecule has 0 fully saturated rings. The maximum atomic E-state index is 13.4. The summed E-state index contributed by atoms with van der Waals surface area (Å²) in [5.41, 5.74) is 0.978. The molecule has 0 aliphatic heterocycles. The van der Waals surface area contributed by atoms with E-state index in [-0.39, 0.29) is 44.5 Å². The number of fused-ring (bicyclic) bond motifs is 2. The van der Waals surface area contributed by atoms with Crippen LogP contribution in [0, 0.1) is 12.3 Å². The van der Waals surface area contributed by atoms with Gasteiger partial charge < -0.3 is 9.30 Å². The zero-order chi connectivity index (χ0) is 23.8. The molecule has 0 aliphatic rings. The molecule has 0 spiro atoms. The van der Waals surface area contributed by atoms with Gasteiger partial charge in [-0.05, 0) is 57.0 Å². The average molecular weight is 467 g/mol. The second-order valence-corrected chi connectivity index (χ2v) is 10.1. The average Bonchev–Trinajstić information content (AvgIpc) is 2.79. The summed E-state index contributed by atoms with van der Waals surface area (Å²) >= 11 is 0. The van der Waals surface area contributed by atoms with E-state index in [1.54, 1.807) is 30.5 Å². The summed E-state index contributed by atoms with van der Waals surface area (Å²) in [6.45, 7) is 6.44. The summed E-state index contributed by atoms with van der Waals surface area (Å²) in [5.74, 6) is 0. The largest absolute Gasteiger partial charge is 0.379 e. The standard InChI is InChI=1S/C24H26N4O4S/c1-16(2)32-14-8-13-27-21(25)20(33(30,31)18-10-5-4-6-11-18)15-19-23(27)26-22-17(3)9-7-12-28(22)24(19)29/h4-7,9-12,15-16,25H,8,13-14H2,1-3H3. The van der Waals surface area contributed by atoms with Gasteiger partial charge in [0.1, 0.15) is 21.7 Å². The highest BCUT2D eigenvalue weighted by molar-refractivity contribution is 7.91. The summed E-state index contributed by atoms with van der Waals surface area (Å²) in [4.78, 5) is 17.9. The first-order chi connectivity index (χ1) is 15.7. The topological polar surface area (TPSA) is 107 Å². The molecule has 0 saturated carbocycles. The number of benzene rings is 1. The number of pyridine rings is 2. The van der Waals surface area contributed by atoms with E-state index in [2.05, 4.69) is 4.98 Å².